The number of hydrogen-bond acceptors (Lipinski definition) is 4. The van der Waals surface area contributed by atoms with Crippen LogP contribution >= 0.6 is 11.3 Å². The molecule has 1 aliphatic heterocycles. The summed E-state index contributed by atoms with van der Waals surface area (Å²) in [6.07, 6.45) is 0. The molecule has 0 N–H and O–H groups in total. The summed E-state index contributed by atoms with van der Waals surface area (Å²) in [5.74, 6) is 2.48. The Kier molecular flexibility index (Phi) is 7.39. The number of ether oxygens (including phenoxy) is 1. The first-order chi connectivity index (χ1) is 30.2. The van der Waals surface area contributed by atoms with Crippen molar-refractivity contribution in [1.82, 2.24) is 9.97 Å². The van der Waals surface area contributed by atoms with E-state index in [1.807, 2.05) is 0 Å². The maximum Gasteiger partial charge on any atom is 0.160 e. The molecule has 0 fully saturated rings. The van der Waals surface area contributed by atoms with E-state index in [0.717, 1.165) is 60.6 Å². The highest BCUT2D eigenvalue weighted by atomic mass is 32.1. The van der Waals surface area contributed by atoms with Crippen LogP contribution in [-0.2, 0) is 5.41 Å². The highest BCUT2D eigenvalue weighted by molar-refractivity contribution is 7.26. The van der Waals surface area contributed by atoms with Gasteiger partial charge >= 0.3 is 0 Å². The Morgan fingerprint density at radius 3 is 1.95 bits per heavy atom. The zero-order chi connectivity index (χ0) is 40.1. The van der Waals surface area contributed by atoms with Crippen LogP contribution in [-0.4, -0.2) is 9.97 Å². The number of fused-ring (bicyclic) bond motifs is 13. The van der Waals surface area contributed by atoms with E-state index in [1.54, 1.807) is 11.3 Å². The fourth-order valence-corrected chi connectivity index (χ4v) is 11.2. The van der Waals surface area contributed by atoms with Crippen LogP contribution < -0.4 is 4.74 Å². The van der Waals surface area contributed by atoms with Gasteiger partial charge in [0.1, 0.15) is 11.5 Å². The average Bonchev–Trinajstić information content (AvgIpc) is 3.85. The second-order valence-electron chi connectivity index (χ2n) is 16.0. The van der Waals surface area contributed by atoms with Crippen molar-refractivity contribution in [2.24, 2.45) is 0 Å². The number of thiophene rings is 1. The summed E-state index contributed by atoms with van der Waals surface area (Å²) in [7, 11) is 0. The molecule has 2 aliphatic rings. The summed E-state index contributed by atoms with van der Waals surface area (Å²) in [5, 5.41) is 3.62. The zero-order valence-corrected chi connectivity index (χ0v) is 33.7. The van der Waals surface area contributed by atoms with E-state index in [2.05, 4.69) is 206 Å². The van der Waals surface area contributed by atoms with E-state index in [-0.39, 0.29) is 0 Å². The van der Waals surface area contributed by atoms with Crippen LogP contribution in [0.1, 0.15) is 22.3 Å². The van der Waals surface area contributed by atoms with Gasteiger partial charge in [0.25, 0.3) is 0 Å². The first kappa shape index (κ1) is 34.2. The van der Waals surface area contributed by atoms with Crippen molar-refractivity contribution in [3.05, 3.63) is 229 Å². The van der Waals surface area contributed by atoms with Gasteiger partial charge in [0.05, 0.1) is 21.3 Å². The SMILES string of the molecule is c1ccc(-c2ccc3c(c2)C2(c4ccccc4O3)c3ccccc3-c3cc(-c4nc(-c5ccc(-c6cccc7ccccc67)cc5)nc5c4sc4ccccc45)ccc32)cc1. The molecule has 0 amide bonds. The number of aromatic nitrogens is 2. The fraction of sp³-hybridized carbons (Fsp3) is 0.0175. The molecule has 1 atom stereocenters. The van der Waals surface area contributed by atoms with Gasteiger partial charge in [-0.3, -0.25) is 0 Å². The fourth-order valence-electron chi connectivity index (χ4n) is 10.1. The molecule has 3 nitrogen and oxygen atoms in total. The Morgan fingerprint density at radius 1 is 0.393 bits per heavy atom. The lowest BCUT2D eigenvalue weighted by Gasteiger charge is -2.39. The lowest BCUT2D eigenvalue weighted by molar-refractivity contribution is 0.436. The normalized spacial score (nSPS) is 14.8. The van der Waals surface area contributed by atoms with Gasteiger partial charge in [-0.1, -0.05) is 176 Å². The number of para-hydroxylation sites is 1. The number of rotatable bonds is 4. The minimum Gasteiger partial charge on any atom is -0.457 e. The van der Waals surface area contributed by atoms with Gasteiger partial charge in [0.2, 0.25) is 0 Å². The Bertz CT molecular complexity index is 3570. The number of benzene rings is 9. The van der Waals surface area contributed by atoms with Gasteiger partial charge in [-0.25, -0.2) is 9.97 Å². The van der Waals surface area contributed by atoms with Crippen molar-refractivity contribution >= 4 is 42.4 Å². The van der Waals surface area contributed by atoms with E-state index in [4.69, 9.17) is 14.7 Å². The first-order valence-electron chi connectivity index (χ1n) is 20.7. The summed E-state index contributed by atoms with van der Waals surface area (Å²) in [4.78, 5) is 10.8. The predicted molar refractivity (Wildman–Crippen MR) is 252 cm³/mol. The average molecular weight is 795 g/mol. The van der Waals surface area contributed by atoms with Crippen LogP contribution in [0.3, 0.4) is 0 Å². The molecule has 2 aromatic heterocycles. The number of nitrogens with zero attached hydrogens (tertiary/aromatic N) is 2. The molecule has 13 rings (SSSR count). The van der Waals surface area contributed by atoms with E-state index in [9.17, 15) is 0 Å². The number of hydrogen-bond donors (Lipinski definition) is 0. The summed E-state index contributed by atoms with van der Waals surface area (Å²) >= 11 is 1.77. The highest BCUT2D eigenvalue weighted by Crippen LogP contribution is 2.63. The van der Waals surface area contributed by atoms with E-state index < -0.39 is 5.41 Å². The van der Waals surface area contributed by atoms with Gasteiger partial charge in [0.15, 0.2) is 5.82 Å². The third-order valence-corrected chi connectivity index (χ3v) is 14.0. The zero-order valence-electron chi connectivity index (χ0n) is 32.8. The van der Waals surface area contributed by atoms with Gasteiger partial charge in [-0.05, 0) is 85.6 Å². The molecule has 61 heavy (non-hydrogen) atoms. The van der Waals surface area contributed by atoms with Crippen molar-refractivity contribution in [2.45, 2.75) is 5.41 Å². The van der Waals surface area contributed by atoms with Crippen LogP contribution in [0.2, 0.25) is 0 Å². The molecule has 284 valence electrons. The van der Waals surface area contributed by atoms with E-state index in [0.29, 0.717) is 5.82 Å². The molecule has 0 saturated heterocycles. The summed E-state index contributed by atoms with van der Waals surface area (Å²) in [6, 6.07) is 74.2. The molecule has 11 aromatic rings. The van der Waals surface area contributed by atoms with Gasteiger partial charge in [0, 0.05) is 32.3 Å². The molecule has 0 saturated carbocycles. The molecular formula is C57H34N2OS. The Morgan fingerprint density at radius 2 is 1.05 bits per heavy atom. The van der Waals surface area contributed by atoms with Crippen LogP contribution in [0.5, 0.6) is 11.5 Å². The lowest BCUT2D eigenvalue weighted by atomic mass is 9.65. The van der Waals surface area contributed by atoms with Crippen molar-refractivity contribution < 1.29 is 4.74 Å². The molecular weight excluding hydrogens is 761 g/mol. The summed E-state index contributed by atoms with van der Waals surface area (Å²) < 4.78 is 9.04. The standard InChI is InChI=1S/C57H34N2OS/c1-2-13-35(14-3-1)39-30-32-51-49(34-39)57(48-22-9-10-23-50(48)60-51)46-21-8-6-18-43(46)45-33-40(29-31-47(45)57)53-55-54(44-19-7-11-24-52(44)61-55)59-56(58-53)38-27-25-37(26-28-38)42-20-12-16-36-15-4-5-17-41(36)42/h1-34H. The summed E-state index contributed by atoms with van der Waals surface area (Å²) in [5.41, 5.74) is 15.3. The maximum absolute atomic E-state index is 6.75. The van der Waals surface area contributed by atoms with Crippen LogP contribution in [0.15, 0.2) is 206 Å². The van der Waals surface area contributed by atoms with E-state index >= 15 is 0 Å². The largest absolute Gasteiger partial charge is 0.457 e. The molecule has 9 aromatic carbocycles. The third-order valence-electron chi connectivity index (χ3n) is 12.8. The Balaban J connectivity index is 1.02. The van der Waals surface area contributed by atoms with Crippen LogP contribution in [0.25, 0.3) is 87.1 Å². The second-order valence-corrected chi connectivity index (χ2v) is 17.1. The molecule has 1 spiro atoms. The van der Waals surface area contributed by atoms with Gasteiger partial charge in [-0.15, -0.1) is 11.3 Å². The van der Waals surface area contributed by atoms with Crippen molar-refractivity contribution in [3.8, 4) is 67.5 Å². The van der Waals surface area contributed by atoms with Crippen molar-refractivity contribution in [2.75, 3.05) is 0 Å². The molecule has 0 radical (unpaired) electrons. The maximum atomic E-state index is 6.75. The molecule has 1 aliphatic carbocycles. The Hall–Kier alpha value is -7.66. The highest BCUT2D eigenvalue weighted by Gasteiger charge is 2.51. The quantitative estimate of drug-likeness (QED) is 0.178. The smallest absolute Gasteiger partial charge is 0.160 e. The first-order valence-corrected chi connectivity index (χ1v) is 21.5. The van der Waals surface area contributed by atoms with Gasteiger partial charge in [-0.2, -0.15) is 0 Å². The van der Waals surface area contributed by atoms with Crippen LogP contribution in [0.4, 0.5) is 0 Å². The van der Waals surface area contributed by atoms with Crippen molar-refractivity contribution in [3.63, 3.8) is 0 Å². The minimum absolute atomic E-state index is 0.588. The van der Waals surface area contributed by atoms with E-state index in [1.165, 1.54) is 54.4 Å². The Labute approximate surface area is 356 Å². The second kappa shape index (κ2) is 13.2. The molecule has 1 unspecified atom stereocenters. The van der Waals surface area contributed by atoms with Crippen molar-refractivity contribution in [1.29, 1.82) is 0 Å². The predicted octanol–water partition coefficient (Wildman–Crippen LogP) is 15.1. The van der Waals surface area contributed by atoms with Gasteiger partial charge < -0.3 is 4.74 Å². The summed E-state index contributed by atoms with van der Waals surface area (Å²) in [6.45, 7) is 0. The monoisotopic (exact) mass is 794 g/mol. The topological polar surface area (TPSA) is 35.0 Å². The minimum atomic E-state index is -0.588. The molecule has 3 heterocycles. The molecule has 0 bridgehead atoms. The third kappa shape index (κ3) is 5.03. The lowest BCUT2D eigenvalue weighted by Crippen LogP contribution is -2.32. The molecule has 4 heteroatoms. The van der Waals surface area contributed by atoms with Crippen LogP contribution in [0, 0.1) is 0 Å².